The molecule has 0 saturated carbocycles. The molecule has 5 heteroatoms. The summed E-state index contributed by atoms with van der Waals surface area (Å²) < 4.78 is 0. The summed E-state index contributed by atoms with van der Waals surface area (Å²) in [5.74, 6) is 0.0410. The van der Waals surface area contributed by atoms with Gasteiger partial charge >= 0.3 is 0 Å². The molecule has 5 nitrogen and oxygen atoms in total. The smallest absolute Gasteiger partial charge is 0.251 e. The predicted octanol–water partition coefficient (Wildman–Crippen LogP) is 2.03. The number of amides is 2. The lowest BCUT2D eigenvalue weighted by molar-refractivity contribution is -0.133. The van der Waals surface area contributed by atoms with E-state index in [1.165, 1.54) is 0 Å². The van der Waals surface area contributed by atoms with Crippen molar-refractivity contribution >= 4 is 11.8 Å². The molecular weight excluding hydrogens is 290 g/mol. The Morgan fingerprint density at radius 1 is 1.09 bits per heavy atom. The van der Waals surface area contributed by atoms with Gasteiger partial charge in [0.2, 0.25) is 5.91 Å². The number of nitrogens with one attached hydrogen (secondary N) is 2. The van der Waals surface area contributed by atoms with Gasteiger partial charge in [-0.15, -0.1) is 0 Å². The number of hydrogen-bond donors (Lipinski definition) is 2. The Bertz CT molecular complexity index is 497. The largest absolute Gasteiger partial charge is 0.351 e. The quantitative estimate of drug-likeness (QED) is 0.685. The second-order valence-electron chi connectivity index (χ2n) is 6.05. The van der Waals surface area contributed by atoms with Crippen LogP contribution in [0.1, 0.15) is 43.1 Å². The zero-order chi connectivity index (χ0) is 17.2. The Hall–Kier alpha value is -1.88. The summed E-state index contributed by atoms with van der Waals surface area (Å²) in [4.78, 5) is 25.6. The fourth-order valence-corrected chi connectivity index (χ4v) is 2.22. The topological polar surface area (TPSA) is 61.4 Å². The Balaban J connectivity index is 2.46. The standard InChI is InChI=1S/C18H29N3O2/c1-5-10-19-11-12-20-17(22)16-8-6-15(7-9-16)13-21(4)18(23)14(2)3/h6-9,14,19H,5,10-13H2,1-4H3,(H,20,22). The second kappa shape index (κ2) is 10.0. The monoisotopic (exact) mass is 319 g/mol. The number of carbonyl (C=O) groups excluding carboxylic acids is 2. The molecule has 2 amide bonds. The Morgan fingerprint density at radius 2 is 1.74 bits per heavy atom. The summed E-state index contributed by atoms with van der Waals surface area (Å²) >= 11 is 0. The van der Waals surface area contributed by atoms with Crippen LogP contribution < -0.4 is 10.6 Å². The summed E-state index contributed by atoms with van der Waals surface area (Å²) in [6.07, 6.45) is 1.09. The molecule has 0 bridgehead atoms. The third kappa shape index (κ3) is 6.82. The Labute approximate surface area is 139 Å². The van der Waals surface area contributed by atoms with Crippen LogP contribution in [0.15, 0.2) is 24.3 Å². The molecule has 1 aromatic carbocycles. The summed E-state index contributed by atoms with van der Waals surface area (Å²) in [7, 11) is 1.80. The van der Waals surface area contributed by atoms with Crippen molar-refractivity contribution in [2.75, 3.05) is 26.7 Å². The Morgan fingerprint density at radius 3 is 2.30 bits per heavy atom. The molecule has 23 heavy (non-hydrogen) atoms. The molecule has 128 valence electrons. The van der Waals surface area contributed by atoms with Crippen LogP contribution in [0.25, 0.3) is 0 Å². The molecule has 0 aromatic heterocycles. The number of benzene rings is 1. The first-order chi connectivity index (χ1) is 11.0. The Kier molecular flexibility index (Phi) is 8.33. The molecule has 1 aromatic rings. The minimum absolute atomic E-state index is 0.00799. The van der Waals surface area contributed by atoms with Crippen LogP contribution in [-0.2, 0) is 11.3 Å². The summed E-state index contributed by atoms with van der Waals surface area (Å²) in [5.41, 5.74) is 1.66. The average molecular weight is 319 g/mol. The lowest BCUT2D eigenvalue weighted by Crippen LogP contribution is -2.32. The summed E-state index contributed by atoms with van der Waals surface area (Å²) in [6.45, 7) is 8.81. The van der Waals surface area contributed by atoms with Gasteiger partial charge in [0, 0.05) is 38.2 Å². The molecular formula is C18H29N3O2. The normalized spacial score (nSPS) is 10.7. The van der Waals surface area contributed by atoms with Gasteiger partial charge in [-0.3, -0.25) is 9.59 Å². The van der Waals surface area contributed by atoms with Gasteiger partial charge in [0.15, 0.2) is 0 Å². The van der Waals surface area contributed by atoms with E-state index in [0.29, 0.717) is 18.7 Å². The van der Waals surface area contributed by atoms with E-state index in [0.717, 1.165) is 25.1 Å². The van der Waals surface area contributed by atoms with Crippen LogP contribution >= 0.6 is 0 Å². The lowest BCUT2D eigenvalue weighted by atomic mass is 10.1. The van der Waals surface area contributed by atoms with Crippen LogP contribution in [0.3, 0.4) is 0 Å². The minimum Gasteiger partial charge on any atom is -0.351 e. The number of hydrogen-bond acceptors (Lipinski definition) is 3. The highest BCUT2D eigenvalue weighted by Crippen LogP contribution is 2.09. The van der Waals surface area contributed by atoms with E-state index in [1.807, 2.05) is 26.0 Å². The van der Waals surface area contributed by atoms with Gasteiger partial charge in [-0.1, -0.05) is 32.9 Å². The zero-order valence-corrected chi connectivity index (χ0v) is 14.7. The van der Waals surface area contributed by atoms with Gasteiger partial charge in [-0.05, 0) is 30.7 Å². The zero-order valence-electron chi connectivity index (χ0n) is 14.7. The van der Waals surface area contributed by atoms with Crippen molar-refractivity contribution in [3.63, 3.8) is 0 Å². The first-order valence-corrected chi connectivity index (χ1v) is 8.28. The van der Waals surface area contributed by atoms with Crippen molar-refractivity contribution in [2.45, 2.75) is 33.7 Å². The van der Waals surface area contributed by atoms with Gasteiger partial charge in [-0.25, -0.2) is 0 Å². The second-order valence-corrected chi connectivity index (χ2v) is 6.05. The van der Waals surface area contributed by atoms with Gasteiger partial charge in [0.25, 0.3) is 5.91 Å². The van der Waals surface area contributed by atoms with Crippen molar-refractivity contribution in [3.05, 3.63) is 35.4 Å². The fraction of sp³-hybridized carbons (Fsp3) is 0.556. The van der Waals surface area contributed by atoms with Gasteiger partial charge in [-0.2, -0.15) is 0 Å². The SMILES string of the molecule is CCCNCCNC(=O)c1ccc(CN(C)C(=O)C(C)C)cc1. The predicted molar refractivity (Wildman–Crippen MR) is 93.2 cm³/mol. The van der Waals surface area contributed by atoms with Crippen LogP contribution in [0.2, 0.25) is 0 Å². The van der Waals surface area contributed by atoms with E-state index in [4.69, 9.17) is 0 Å². The number of rotatable bonds is 9. The van der Waals surface area contributed by atoms with E-state index in [2.05, 4.69) is 17.6 Å². The summed E-state index contributed by atoms with van der Waals surface area (Å²) in [6, 6.07) is 7.40. The molecule has 0 fully saturated rings. The maximum absolute atomic E-state index is 12.0. The van der Waals surface area contributed by atoms with E-state index in [9.17, 15) is 9.59 Å². The van der Waals surface area contributed by atoms with Gasteiger partial charge in [0.1, 0.15) is 0 Å². The third-order valence-electron chi connectivity index (χ3n) is 3.52. The van der Waals surface area contributed by atoms with E-state index >= 15 is 0 Å². The fourth-order valence-electron chi connectivity index (χ4n) is 2.22. The highest BCUT2D eigenvalue weighted by Gasteiger charge is 2.13. The first-order valence-electron chi connectivity index (χ1n) is 8.28. The molecule has 0 spiro atoms. The van der Waals surface area contributed by atoms with Gasteiger partial charge in [0.05, 0.1) is 0 Å². The van der Waals surface area contributed by atoms with Crippen LogP contribution in [0, 0.1) is 5.92 Å². The van der Waals surface area contributed by atoms with E-state index < -0.39 is 0 Å². The maximum atomic E-state index is 12.0. The van der Waals surface area contributed by atoms with Crippen molar-refractivity contribution in [2.24, 2.45) is 5.92 Å². The minimum atomic E-state index is -0.0681. The maximum Gasteiger partial charge on any atom is 0.251 e. The molecule has 0 saturated heterocycles. The molecule has 0 aliphatic rings. The molecule has 2 N–H and O–H groups in total. The highest BCUT2D eigenvalue weighted by molar-refractivity contribution is 5.94. The average Bonchev–Trinajstić information content (AvgIpc) is 2.54. The van der Waals surface area contributed by atoms with Crippen LogP contribution in [0.5, 0.6) is 0 Å². The molecule has 0 unspecified atom stereocenters. The first kappa shape index (κ1) is 19.2. The molecule has 0 atom stereocenters. The number of nitrogens with zero attached hydrogens (tertiary/aromatic N) is 1. The van der Waals surface area contributed by atoms with Gasteiger partial charge < -0.3 is 15.5 Å². The molecule has 0 aliphatic heterocycles. The molecule has 0 heterocycles. The number of carbonyl (C=O) groups is 2. The molecule has 0 radical (unpaired) electrons. The van der Waals surface area contributed by atoms with E-state index in [-0.39, 0.29) is 17.7 Å². The van der Waals surface area contributed by atoms with Crippen molar-refractivity contribution < 1.29 is 9.59 Å². The van der Waals surface area contributed by atoms with Crippen molar-refractivity contribution in [1.82, 2.24) is 15.5 Å². The molecule has 1 rings (SSSR count). The van der Waals surface area contributed by atoms with E-state index in [1.54, 1.807) is 24.1 Å². The van der Waals surface area contributed by atoms with Crippen molar-refractivity contribution in [1.29, 1.82) is 0 Å². The van der Waals surface area contributed by atoms with Crippen molar-refractivity contribution in [3.8, 4) is 0 Å². The lowest BCUT2D eigenvalue weighted by Gasteiger charge is -2.19. The van der Waals surface area contributed by atoms with Crippen LogP contribution in [0.4, 0.5) is 0 Å². The van der Waals surface area contributed by atoms with Crippen LogP contribution in [-0.4, -0.2) is 43.4 Å². The molecule has 0 aliphatic carbocycles. The summed E-state index contributed by atoms with van der Waals surface area (Å²) in [5, 5.41) is 6.13. The third-order valence-corrected chi connectivity index (χ3v) is 3.52. The highest BCUT2D eigenvalue weighted by atomic mass is 16.2.